The van der Waals surface area contributed by atoms with Gasteiger partial charge in [-0.1, -0.05) is 36.5 Å². The van der Waals surface area contributed by atoms with E-state index in [0.717, 1.165) is 6.42 Å². The zero-order valence-electron chi connectivity index (χ0n) is 8.74. The van der Waals surface area contributed by atoms with Crippen LogP contribution >= 0.6 is 23.2 Å². The minimum Gasteiger partial charge on any atom is -0.382 e. The molecule has 0 fully saturated rings. The molecule has 0 unspecified atom stereocenters. The van der Waals surface area contributed by atoms with Crippen molar-refractivity contribution in [3.63, 3.8) is 0 Å². The van der Waals surface area contributed by atoms with Gasteiger partial charge in [0.05, 0.1) is 5.75 Å². The van der Waals surface area contributed by atoms with Gasteiger partial charge < -0.3 is 4.18 Å². The van der Waals surface area contributed by atoms with Crippen molar-refractivity contribution in [3.05, 3.63) is 28.2 Å². The zero-order chi connectivity index (χ0) is 12.2. The molecule has 16 heavy (non-hydrogen) atoms. The van der Waals surface area contributed by atoms with Gasteiger partial charge in [-0.25, -0.2) is 0 Å². The van der Waals surface area contributed by atoms with Gasteiger partial charge in [0.2, 0.25) is 0 Å². The van der Waals surface area contributed by atoms with E-state index in [4.69, 9.17) is 27.4 Å². The molecule has 0 bridgehead atoms. The van der Waals surface area contributed by atoms with Crippen LogP contribution in [-0.4, -0.2) is 14.2 Å². The molecule has 1 rings (SSSR count). The number of benzene rings is 1. The van der Waals surface area contributed by atoms with Crippen LogP contribution in [0.25, 0.3) is 0 Å². The summed E-state index contributed by atoms with van der Waals surface area (Å²) in [5, 5.41) is 0.682. The summed E-state index contributed by atoms with van der Waals surface area (Å²) in [7, 11) is -3.55. The molecule has 0 saturated heterocycles. The van der Waals surface area contributed by atoms with Crippen LogP contribution in [0.1, 0.15) is 19.8 Å². The highest BCUT2D eigenvalue weighted by Gasteiger charge is 2.12. The van der Waals surface area contributed by atoms with Gasteiger partial charge >= 0.3 is 10.1 Å². The van der Waals surface area contributed by atoms with Gasteiger partial charge in [-0.3, -0.25) is 0 Å². The monoisotopic (exact) mass is 282 g/mol. The van der Waals surface area contributed by atoms with Crippen LogP contribution in [0.15, 0.2) is 18.2 Å². The molecule has 0 N–H and O–H groups in total. The van der Waals surface area contributed by atoms with E-state index in [1.165, 1.54) is 18.2 Å². The Labute approximate surface area is 105 Å². The maximum atomic E-state index is 11.5. The highest BCUT2D eigenvalue weighted by molar-refractivity contribution is 7.87. The average Bonchev–Trinajstić information content (AvgIpc) is 2.12. The Balaban J connectivity index is 2.80. The van der Waals surface area contributed by atoms with Crippen molar-refractivity contribution >= 4 is 33.3 Å². The van der Waals surface area contributed by atoms with Crippen molar-refractivity contribution < 1.29 is 12.6 Å². The standard InChI is InChI=1S/C10H12Cl2O3S/c1-2-3-4-16(13,14)15-10-6-8(11)5-9(12)7-10/h5-7H,2-4H2,1H3. The molecule has 0 spiro atoms. The molecule has 0 atom stereocenters. The molecule has 0 aliphatic rings. The summed E-state index contributed by atoms with van der Waals surface area (Å²) in [6, 6.07) is 4.34. The van der Waals surface area contributed by atoms with E-state index in [0.29, 0.717) is 16.5 Å². The molecule has 90 valence electrons. The first-order valence-electron chi connectivity index (χ1n) is 4.81. The van der Waals surface area contributed by atoms with E-state index in [1.807, 2.05) is 6.92 Å². The fourth-order valence-electron chi connectivity index (χ4n) is 1.09. The third-order valence-electron chi connectivity index (χ3n) is 1.81. The third kappa shape index (κ3) is 4.60. The molecule has 0 amide bonds. The maximum Gasteiger partial charge on any atom is 0.309 e. The Bertz CT molecular complexity index is 437. The Kier molecular flexibility index (Phi) is 4.89. The number of halogens is 2. The summed E-state index contributed by atoms with van der Waals surface area (Å²) in [5.74, 6) is 0.141. The summed E-state index contributed by atoms with van der Waals surface area (Å²) in [6.45, 7) is 1.91. The lowest BCUT2D eigenvalue weighted by Gasteiger charge is -2.07. The van der Waals surface area contributed by atoms with Crippen LogP contribution in [0, 0.1) is 0 Å². The lowest BCUT2D eigenvalue weighted by Crippen LogP contribution is -2.13. The third-order valence-corrected chi connectivity index (χ3v) is 3.48. The van der Waals surface area contributed by atoms with E-state index >= 15 is 0 Å². The van der Waals surface area contributed by atoms with Crippen molar-refractivity contribution in [3.8, 4) is 5.75 Å². The van der Waals surface area contributed by atoms with E-state index in [1.54, 1.807) is 0 Å². The molecule has 0 radical (unpaired) electrons. The molecule has 1 aromatic rings. The summed E-state index contributed by atoms with van der Waals surface area (Å²) >= 11 is 11.4. The van der Waals surface area contributed by atoms with Gasteiger partial charge in [-0.05, 0) is 12.5 Å². The smallest absolute Gasteiger partial charge is 0.309 e. The summed E-state index contributed by atoms with van der Waals surface area (Å²) in [4.78, 5) is 0. The second kappa shape index (κ2) is 5.75. The van der Waals surface area contributed by atoms with E-state index in [-0.39, 0.29) is 11.5 Å². The van der Waals surface area contributed by atoms with Crippen molar-refractivity contribution in [2.24, 2.45) is 0 Å². The number of hydrogen-bond acceptors (Lipinski definition) is 3. The molecular weight excluding hydrogens is 271 g/mol. The van der Waals surface area contributed by atoms with Crippen LogP contribution in [0.2, 0.25) is 10.0 Å². The molecule has 0 aliphatic heterocycles. The van der Waals surface area contributed by atoms with Crippen LogP contribution < -0.4 is 4.18 Å². The van der Waals surface area contributed by atoms with Crippen molar-refractivity contribution in [2.75, 3.05) is 5.75 Å². The summed E-state index contributed by atoms with van der Waals surface area (Å²) in [6.07, 6.45) is 1.36. The quantitative estimate of drug-likeness (QED) is 0.777. The van der Waals surface area contributed by atoms with Gasteiger partial charge in [0.25, 0.3) is 0 Å². The Morgan fingerprint density at radius 2 is 1.75 bits per heavy atom. The van der Waals surface area contributed by atoms with E-state index in [2.05, 4.69) is 0 Å². The fraction of sp³-hybridized carbons (Fsp3) is 0.400. The van der Waals surface area contributed by atoms with Crippen molar-refractivity contribution in [1.82, 2.24) is 0 Å². The van der Waals surface area contributed by atoms with Gasteiger partial charge in [0.1, 0.15) is 5.75 Å². The van der Waals surface area contributed by atoms with Crippen molar-refractivity contribution in [2.45, 2.75) is 19.8 Å². The van der Waals surface area contributed by atoms with Crippen molar-refractivity contribution in [1.29, 1.82) is 0 Å². The predicted octanol–water partition coefficient (Wildman–Crippen LogP) is 3.50. The normalized spacial score (nSPS) is 11.4. The Morgan fingerprint density at radius 1 is 1.19 bits per heavy atom. The summed E-state index contributed by atoms with van der Waals surface area (Å²) in [5.41, 5.74) is 0. The minimum absolute atomic E-state index is 0.00632. The predicted molar refractivity (Wildman–Crippen MR) is 65.8 cm³/mol. The molecular formula is C10H12Cl2O3S. The molecule has 6 heteroatoms. The number of hydrogen-bond donors (Lipinski definition) is 0. The number of rotatable bonds is 5. The van der Waals surface area contributed by atoms with E-state index < -0.39 is 10.1 Å². The summed E-state index contributed by atoms with van der Waals surface area (Å²) < 4.78 is 27.8. The molecule has 0 aromatic heterocycles. The number of unbranched alkanes of at least 4 members (excludes halogenated alkanes) is 1. The SMILES string of the molecule is CCCCS(=O)(=O)Oc1cc(Cl)cc(Cl)c1. The lowest BCUT2D eigenvalue weighted by molar-refractivity contribution is 0.484. The van der Waals surface area contributed by atoms with Gasteiger partial charge in [-0.15, -0.1) is 0 Å². The molecule has 1 aromatic carbocycles. The second-order valence-electron chi connectivity index (χ2n) is 3.30. The fourth-order valence-corrected chi connectivity index (χ4v) is 2.71. The Hall–Kier alpha value is -0.450. The van der Waals surface area contributed by atoms with Gasteiger partial charge in [-0.2, -0.15) is 8.42 Å². The first-order valence-corrected chi connectivity index (χ1v) is 7.14. The molecule has 3 nitrogen and oxygen atoms in total. The minimum atomic E-state index is -3.55. The second-order valence-corrected chi connectivity index (χ2v) is 5.87. The first-order chi connectivity index (χ1) is 7.43. The van der Waals surface area contributed by atoms with Gasteiger partial charge in [0, 0.05) is 22.2 Å². The van der Waals surface area contributed by atoms with Crippen LogP contribution in [0.3, 0.4) is 0 Å². The average molecular weight is 283 g/mol. The topological polar surface area (TPSA) is 43.4 Å². The van der Waals surface area contributed by atoms with Crippen LogP contribution in [0.4, 0.5) is 0 Å². The van der Waals surface area contributed by atoms with E-state index in [9.17, 15) is 8.42 Å². The lowest BCUT2D eigenvalue weighted by atomic mass is 10.3. The first kappa shape index (κ1) is 13.6. The van der Waals surface area contributed by atoms with Crippen LogP contribution in [0.5, 0.6) is 5.75 Å². The largest absolute Gasteiger partial charge is 0.382 e. The molecule has 0 aliphatic carbocycles. The highest BCUT2D eigenvalue weighted by Crippen LogP contribution is 2.25. The maximum absolute atomic E-state index is 11.5. The van der Waals surface area contributed by atoms with Crippen LogP contribution in [-0.2, 0) is 10.1 Å². The highest BCUT2D eigenvalue weighted by atomic mass is 35.5. The van der Waals surface area contributed by atoms with Gasteiger partial charge in [0.15, 0.2) is 0 Å². The Morgan fingerprint density at radius 3 is 2.25 bits per heavy atom. The zero-order valence-corrected chi connectivity index (χ0v) is 11.1. The molecule has 0 saturated carbocycles. The molecule has 0 heterocycles.